The molecule has 2 heterocycles. The summed E-state index contributed by atoms with van der Waals surface area (Å²) < 4.78 is 4.06. The first-order valence-electron chi connectivity index (χ1n) is 6.59. The quantitative estimate of drug-likeness (QED) is 0.582. The Morgan fingerprint density at radius 3 is 2.77 bits per heavy atom. The first kappa shape index (κ1) is 16.1. The first-order chi connectivity index (χ1) is 10.5. The third-order valence-electron chi connectivity index (χ3n) is 3.09. The number of carbonyl (C=O) groups excluding carboxylic acids is 1. The molecule has 0 unspecified atom stereocenters. The molecule has 1 amide bonds. The van der Waals surface area contributed by atoms with Crippen LogP contribution in [0.4, 0.5) is 5.69 Å². The van der Waals surface area contributed by atoms with E-state index in [1.807, 2.05) is 6.20 Å². The molecule has 2 aromatic heterocycles. The lowest BCUT2D eigenvalue weighted by Gasteiger charge is -2.06. The Bertz CT molecular complexity index is 680. The molecule has 0 atom stereocenters. The Labute approximate surface area is 134 Å². The molecule has 0 aliphatic heterocycles. The highest BCUT2D eigenvalue weighted by Crippen LogP contribution is 2.16. The molecule has 0 radical (unpaired) electrons. The molecule has 0 spiro atoms. The SMILES string of the molecule is Cc1c([N+](=O)[O-])cnn1CCC(=O)NCCn1cc(Br)cn1. The highest BCUT2D eigenvalue weighted by atomic mass is 79.9. The summed E-state index contributed by atoms with van der Waals surface area (Å²) in [6.45, 7) is 2.95. The number of nitrogens with one attached hydrogen (secondary N) is 1. The van der Waals surface area contributed by atoms with Gasteiger partial charge in [0.2, 0.25) is 5.91 Å². The van der Waals surface area contributed by atoms with Crippen LogP contribution in [-0.4, -0.2) is 36.9 Å². The van der Waals surface area contributed by atoms with E-state index in [1.54, 1.807) is 17.8 Å². The largest absolute Gasteiger partial charge is 0.354 e. The van der Waals surface area contributed by atoms with E-state index >= 15 is 0 Å². The predicted molar refractivity (Wildman–Crippen MR) is 81.2 cm³/mol. The zero-order valence-electron chi connectivity index (χ0n) is 11.9. The number of nitrogens with zero attached hydrogens (tertiary/aromatic N) is 5. The van der Waals surface area contributed by atoms with E-state index in [0.717, 1.165) is 4.47 Å². The van der Waals surface area contributed by atoms with Crippen LogP contribution in [-0.2, 0) is 17.9 Å². The van der Waals surface area contributed by atoms with Gasteiger partial charge >= 0.3 is 5.69 Å². The van der Waals surface area contributed by atoms with E-state index in [4.69, 9.17) is 0 Å². The van der Waals surface area contributed by atoms with Crippen molar-refractivity contribution in [3.05, 3.63) is 38.9 Å². The molecule has 0 bridgehead atoms. The van der Waals surface area contributed by atoms with Crippen LogP contribution in [0.5, 0.6) is 0 Å². The molecule has 0 aromatic carbocycles. The summed E-state index contributed by atoms with van der Waals surface area (Å²) in [6.07, 6.45) is 4.90. The number of carbonyl (C=O) groups is 1. The van der Waals surface area contributed by atoms with Gasteiger partial charge in [-0.3, -0.25) is 24.3 Å². The van der Waals surface area contributed by atoms with E-state index in [2.05, 4.69) is 31.4 Å². The fourth-order valence-corrected chi connectivity index (χ4v) is 2.24. The third-order valence-corrected chi connectivity index (χ3v) is 3.50. The van der Waals surface area contributed by atoms with Gasteiger partial charge in [0.25, 0.3) is 0 Å². The Hall–Kier alpha value is -2.23. The maximum atomic E-state index is 11.7. The van der Waals surface area contributed by atoms with Gasteiger partial charge in [0.15, 0.2) is 0 Å². The van der Waals surface area contributed by atoms with Crippen molar-refractivity contribution < 1.29 is 9.72 Å². The Kier molecular flexibility index (Phi) is 5.26. The van der Waals surface area contributed by atoms with Crippen molar-refractivity contribution in [3.63, 3.8) is 0 Å². The highest BCUT2D eigenvalue weighted by Gasteiger charge is 2.16. The summed E-state index contributed by atoms with van der Waals surface area (Å²) in [7, 11) is 0. The first-order valence-corrected chi connectivity index (χ1v) is 7.38. The average molecular weight is 371 g/mol. The van der Waals surface area contributed by atoms with Crippen LogP contribution in [0.25, 0.3) is 0 Å². The van der Waals surface area contributed by atoms with Gasteiger partial charge in [-0.2, -0.15) is 10.2 Å². The van der Waals surface area contributed by atoms with Gasteiger partial charge < -0.3 is 5.32 Å². The van der Waals surface area contributed by atoms with E-state index in [0.29, 0.717) is 25.3 Å². The predicted octanol–water partition coefficient (Wildman–Crippen LogP) is 1.27. The maximum Gasteiger partial charge on any atom is 0.309 e. The fourth-order valence-electron chi connectivity index (χ4n) is 1.91. The highest BCUT2D eigenvalue weighted by molar-refractivity contribution is 9.10. The van der Waals surface area contributed by atoms with Crippen molar-refractivity contribution in [1.29, 1.82) is 0 Å². The molecule has 22 heavy (non-hydrogen) atoms. The second-order valence-electron chi connectivity index (χ2n) is 4.62. The van der Waals surface area contributed by atoms with Crippen LogP contribution in [0, 0.1) is 17.0 Å². The number of aromatic nitrogens is 4. The van der Waals surface area contributed by atoms with Crippen molar-refractivity contribution in [2.24, 2.45) is 0 Å². The van der Waals surface area contributed by atoms with Gasteiger partial charge in [-0.25, -0.2) is 0 Å². The van der Waals surface area contributed by atoms with E-state index in [9.17, 15) is 14.9 Å². The molecule has 2 rings (SSSR count). The molecule has 0 saturated heterocycles. The maximum absolute atomic E-state index is 11.7. The molecule has 9 nitrogen and oxygen atoms in total. The Balaban J connectivity index is 1.74. The van der Waals surface area contributed by atoms with Gasteiger partial charge in [0.05, 0.1) is 28.7 Å². The summed E-state index contributed by atoms with van der Waals surface area (Å²) >= 11 is 3.29. The second-order valence-corrected chi connectivity index (χ2v) is 5.53. The topological polar surface area (TPSA) is 108 Å². The van der Waals surface area contributed by atoms with Crippen LogP contribution in [0.1, 0.15) is 12.1 Å². The lowest BCUT2D eigenvalue weighted by Crippen LogP contribution is -2.28. The fraction of sp³-hybridized carbons (Fsp3) is 0.417. The Morgan fingerprint density at radius 1 is 1.41 bits per heavy atom. The number of hydrogen-bond donors (Lipinski definition) is 1. The van der Waals surface area contributed by atoms with Crippen LogP contribution >= 0.6 is 15.9 Å². The van der Waals surface area contributed by atoms with Crippen LogP contribution in [0.3, 0.4) is 0 Å². The molecule has 1 N–H and O–H groups in total. The Morgan fingerprint density at radius 2 is 2.18 bits per heavy atom. The molecule has 10 heteroatoms. The standard InChI is InChI=1S/C12H15BrN6O3/c1-9-11(19(21)22)7-16-18(9)4-2-12(20)14-3-5-17-8-10(13)6-15-17/h6-8H,2-5H2,1H3,(H,14,20). The van der Waals surface area contributed by atoms with Crippen LogP contribution < -0.4 is 5.32 Å². The number of aryl methyl sites for hydroxylation is 1. The molecule has 118 valence electrons. The molecule has 0 aliphatic rings. The van der Waals surface area contributed by atoms with Crippen molar-refractivity contribution in [3.8, 4) is 0 Å². The molecular weight excluding hydrogens is 356 g/mol. The number of nitro groups is 1. The summed E-state index contributed by atoms with van der Waals surface area (Å²) in [5.41, 5.74) is 0.406. The van der Waals surface area contributed by atoms with Crippen molar-refractivity contribution >= 4 is 27.5 Å². The molecular formula is C12H15BrN6O3. The lowest BCUT2D eigenvalue weighted by molar-refractivity contribution is -0.385. The molecule has 2 aromatic rings. The monoisotopic (exact) mass is 370 g/mol. The smallest absolute Gasteiger partial charge is 0.309 e. The normalized spacial score (nSPS) is 10.6. The average Bonchev–Trinajstić information content (AvgIpc) is 3.03. The number of amides is 1. The van der Waals surface area contributed by atoms with Gasteiger partial charge in [-0.15, -0.1) is 0 Å². The minimum Gasteiger partial charge on any atom is -0.354 e. The van der Waals surface area contributed by atoms with Crippen molar-refractivity contribution in [1.82, 2.24) is 24.9 Å². The lowest BCUT2D eigenvalue weighted by atomic mass is 10.3. The number of hydrogen-bond acceptors (Lipinski definition) is 5. The van der Waals surface area contributed by atoms with Gasteiger partial charge in [0, 0.05) is 19.2 Å². The zero-order chi connectivity index (χ0) is 16.1. The number of halogens is 1. The molecule has 0 fully saturated rings. The van der Waals surface area contributed by atoms with Gasteiger partial charge in [-0.1, -0.05) is 0 Å². The van der Waals surface area contributed by atoms with E-state index < -0.39 is 4.92 Å². The molecule has 0 saturated carbocycles. The summed E-state index contributed by atoms with van der Waals surface area (Å²) in [4.78, 5) is 22.0. The third kappa shape index (κ3) is 4.13. The van der Waals surface area contributed by atoms with Gasteiger partial charge in [-0.05, 0) is 22.9 Å². The molecule has 0 aliphatic carbocycles. The van der Waals surface area contributed by atoms with E-state index in [-0.39, 0.29) is 18.0 Å². The summed E-state index contributed by atoms with van der Waals surface area (Å²) in [6, 6.07) is 0. The van der Waals surface area contributed by atoms with Crippen LogP contribution in [0.2, 0.25) is 0 Å². The minimum absolute atomic E-state index is 0.0373. The second kappa shape index (κ2) is 7.16. The number of rotatable bonds is 7. The zero-order valence-corrected chi connectivity index (χ0v) is 13.5. The van der Waals surface area contributed by atoms with Crippen molar-refractivity contribution in [2.45, 2.75) is 26.4 Å². The summed E-state index contributed by atoms with van der Waals surface area (Å²) in [5, 5.41) is 21.5. The van der Waals surface area contributed by atoms with Crippen LogP contribution in [0.15, 0.2) is 23.1 Å². The van der Waals surface area contributed by atoms with E-state index in [1.165, 1.54) is 10.9 Å². The van der Waals surface area contributed by atoms with Gasteiger partial charge in [0.1, 0.15) is 11.9 Å². The van der Waals surface area contributed by atoms with Crippen molar-refractivity contribution in [2.75, 3.05) is 6.54 Å². The minimum atomic E-state index is -0.485. The summed E-state index contributed by atoms with van der Waals surface area (Å²) in [5.74, 6) is -0.135.